The standard InChI is InChI=1S/C17H17ClFNO2/c1-11-6-7-15(12(2)10-11)22-9-8-16(21)20-14-5-3-4-13(18)17(14)19/h3-7,10H,8-9H2,1-2H3,(H,20,21). The SMILES string of the molecule is Cc1ccc(OCCC(=O)Nc2cccc(Cl)c2F)c(C)c1. The largest absolute Gasteiger partial charge is 0.493 e. The molecule has 0 heterocycles. The van der Waals surface area contributed by atoms with Crippen LogP contribution in [0, 0.1) is 19.7 Å². The number of hydrogen-bond acceptors (Lipinski definition) is 2. The molecule has 0 unspecified atom stereocenters. The fourth-order valence-corrected chi connectivity index (χ4v) is 2.20. The highest BCUT2D eigenvalue weighted by atomic mass is 35.5. The maximum atomic E-state index is 13.7. The number of carbonyl (C=O) groups excluding carboxylic acids is 1. The Bertz CT molecular complexity index is 688. The van der Waals surface area contributed by atoms with Gasteiger partial charge >= 0.3 is 0 Å². The van der Waals surface area contributed by atoms with Gasteiger partial charge in [-0.2, -0.15) is 0 Å². The van der Waals surface area contributed by atoms with E-state index in [1.807, 2.05) is 32.0 Å². The van der Waals surface area contributed by atoms with Gasteiger partial charge in [0, 0.05) is 0 Å². The third-order valence-corrected chi connectivity index (χ3v) is 3.43. The Balaban J connectivity index is 1.87. The maximum Gasteiger partial charge on any atom is 0.227 e. The van der Waals surface area contributed by atoms with Crippen LogP contribution in [0.15, 0.2) is 36.4 Å². The minimum absolute atomic E-state index is 0.0238. The Labute approximate surface area is 134 Å². The van der Waals surface area contributed by atoms with Gasteiger partial charge in [0.05, 0.1) is 23.7 Å². The first kappa shape index (κ1) is 16.3. The molecule has 0 bridgehead atoms. The Morgan fingerprint density at radius 2 is 2.05 bits per heavy atom. The van der Waals surface area contributed by atoms with Crippen molar-refractivity contribution in [3.05, 3.63) is 58.4 Å². The van der Waals surface area contributed by atoms with Crippen LogP contribution in [0.4, 0.5) is 10.1 Å². The zero-order valence-electron chi connectivity index (χ0n) is 12.5. The Hall–Kier alpha value is -2.07. The molecule has 2 aromatic rings. The molecule has 0 fully saturated rings. The van der Waals surface area contributed by atoms with E-state index in [4.69, 9.17) is 16.3 Å². The molecule has 3 nitrogen and oxygen atoms in total. The number of hydrogen-bond donors (Lipinski definition) is 1. The smallest absolute Gasteiger partial charge is 0.227 e. The molecule has 1 N–H and O–H groups in total. The molecule has 0 aromatic heterocycles. The van der Waals surface area contributed by atoms with Gasteiger partial charge in [-0.3, -0.25) is 4.79 Å². The maximum absolute atomic E-state index is 13.7. The number of amides is 1. The first-order chi connectivity index (χ1) is 10.5. The molecule has 0 atom stereocenters. The number of aryl methyl sites for hydroxylation is 2. The average molecular weight is 322 g/mol. The molecular formula is C17H17ClFNO2. The van der Waals surface area contributed by atoms with Crippen molar-refractivity contribution in [2.45, 2.75) is 20.3 Å². The van der Waals surface area contributed by atoms with E-state index < -0.39 is 5.82 Å². The summed E-state index contributed by atoms with van der Waals surface area (Å²) >= 11 is 5.66. The molecule has 0 saturated heterocycles. The number of benzene rings is 2. The van der Waals surface area contributed by atoms with Crippen LogP contribution in [0.3, 0.4) is 0 Å². The Morgan fingerprint density at radius 1 is 1.27 bits per heavy atom. The highest BCUT2D eigenvalue weighted by Gasteiger charge is 2.10. The second-order valence-electron chi connectivity index (χ2n) is 5.02. The molecule has 116 valence electrons. The quantitative estimate of drug-likeness (QED) is 0.880. The molecule has 0 radical (unpaired) electrons. The van der Waals surface area contributed by atoms with Crippen LogP contribution in [0.2, 0.25) is 5.02 Å². The van der Waals surface area contributed by atoms with E-state index in [-0.39, 0.29) is 29.6 Å². The first-order valence-electron chi connectivity index (χ1n) is 6.91. The average Bonchev–Trinajstić information content (AvgIpc) is 2.46. The fourth-order valence-electron chi connectivity index (χ4n) is 2.03. The van der Waals surface area contributed by atoms with Crippen molar-refractivity contribution in [2.24, 2.45) is 0 Å². The zero-order chi connectivity index (χ0) is 16.1. The topological polar surface area (TPSA) is 38.3 Å². The van der Waals surface area contributed by atoms with Gasteiger partial charge in [-0.25, -0.2) is 4.39 Å². The highest BCUT2D eigenvalue weighted by Crippen LogP contribution is 2.22. The van der Waals surface area contributed by atoms with Crippen molar-refractivity contribution in [3.63, 3.8) is 0 Å². The van der Waals surface area contributed by atoms with Crippen LogP contribution in [0.25, 0.3) is 0 Å². The van der Waals surface area contributed by atoms with Gasteiger partial charge in [0.25, 0.3) is 0 Å². The molecule has 2 rings (SSSR count). The second-order valence-corrected chi connectivity index (χ2v) is 5.42. The third-order valence-electron chi connectivity index (χ3n) is 3.14. The summed E-state index contributed by atoms with van der Waals surface area (Å²) in [6, 6.07) is 10.3. The van der Waals surface area contributed by atoms with Gasteiger partial charge in [0.1, 0.15) is 5.75 Å². The van der Waals surface area contributed by atoms with Crippen molar-refractivity contribution in [1.29, 1.82) is 0 Å². The van der Waals surface area contributed by atoms with Gasteiger partial charge < -0.3 is 10.1 Å². The molecule has 0 aliphatic carbocycles. The van der Waals surface area contributed by atoms with Crippen molar-refractivity contribution < 1.29 is 13.9 Å². The van der Waals surface area contributed by atoms with Crippen LogP contribution in [0.5, 0.6) is 5.75 Å². The lowest BCUT2D eigenvalue weighted by atomic mass is 10.1. The number of nitrogens with one attached hydrogen (secondary N) is 1. The van der Waals surface area contributed by atoms with Gasteiger partial charge in [-0.05, 0) is 37.6 Å². The summed E-state index contributed by atoms with van der Waals surface area (Å²) in [5, 5.41) is 2.46. The molecule has 0 aliphatic rings. The molecule has 0 aliphatic heterocycles. The summed E-state index contributed by atoms with van der Waals surface area (Å²) in [7, 11) is 0. The van der Waals surface area contributed by atoms with Crippen LogP contribution in [-0.4, -0.2) is 12.5 Å². The first-order valence-corrected chi connectivity index (χ1v) is 7.29. The summed E-state index contributed by atoms with van der Waals surface area (Å²) in [4.78, 5) is 11.8. The van der Waals surface area contributed by atoms with Crippen LogP contribution in [0.1, 0.15) is 17.5 Å². The lowest BCUT2D eigenvalue weighted by Crippen LogP contribution is -2.16. The van der Waals surface area contributed by atoms with E-state index in [0.717, 1.165) is 16.9 Å². The zero-order valence-corrected chi connectivity index (χ0v) is 13.2. The van der Waals surface area contributed by atoms with Crippen molar-refractivity contribution in [2.75, 3.05) is 11.9 Å². The Kier molecular flexibility index (Phi) is 5.39. The summed E-state index contributed by atoms with van der Waals surface area (Å²) in [5.74, 6) is -0.217. The molecule has 1 amide bonds. The van der Waals surface area contributed by atoms with E-state index >= 15 is 0 Å². The van der Waals surface area contributed by atoms with Crippen LogP contribution in [-0.2, 0) is 4.79 Å². The van der Waals surface area contributed by atoms with E-state index in [1.54, 1.807) is 6.07 Å². The van der Waals surface area contributed by atoms with Gasteiger partial charge in [-0.1, -0.05) is 35.4 Å². The number of ether oxygens (including phenoxy) is 1. The van der Waals surface area contributed by atoms with E-state index in [9.17, 15) is 9.18 Å². The highest BCUT2D eigenvalue weighted by molar-refractivity contribution is 6.31. The molecule has 0 saturated carbocycles. The summed E-state index contributed by atoms with van der Waals surface area (Å²) in [5.41, 5.74) is 2.24. The van der Waals surface area contributed by atoms with E-state index in [1.165, 1.54) is 12.1 Å². The monoisotopic (exact) mass is 321 g/mol. The minimum atomic E-state index is -0.632. The van der Waals surface area contributed by atoms with Crippen molar-refractivity contribution in [3.8, 4) is 5.75 Å². The third kappa shape index (κ3) is 4.21. The molecule has 2 aromatic carbocycles. The lowest BCUT2D eigenvalue weighted by Gasteiger charge is -2.10. The normalized spacial score (nSPS) is 10.4. The number of rotatable bonds is 5. The molecule has 5 heteroatoms. The molecule has 0 spiro atoms. The molecular weight excluding hydrogens is 305 g/mol. The van der Waals surface area contributed by atoms with Crippen LogP contribution < -0.4 is 10.1 Å². The minimum Gasteiger partial charge on any atom is -0.493 e. The predicted octanol–water partition coefficient (Wildman–Crippen LogP) is 4.50. The summed E-state index contributed by atoms with van der Waals surface area (Å²) in [6.07, 6.45) is 0.124. The number of anilines is 1. The van der Waals surface area contributed by atoms with Gasteiger partial charge in [-0.15, -0.1) is 0 Å². The lowest BCUT2D eigenvalue weighted by molar-refractivity contribution is -0.116. The van der Waals surface area contributed by atoms with Gasteiger partial charge in [0.15, 0.2) is 5.82 Å². The fraction of sp³-hybridized carbons (Fsp3) is 0.235. The van der Waals surface area contributed by atoms with E-state index in [2.05, 4.69) is 5.32 Å². The van der Waals surface area contributed by atoms with Gasteiger partial charge in [0.2, 0.25) is 5.91 Å². The summed E-state index contributed by atoms with van der Waals surface area (Å²) < 4.78 is 19.2. The van der Waals surface area contributed by atoms with E-state index in [0.29, 0.717) is 0 Å². The number of carbonyl (C=O) groups is 1. The molecule has 22 heavy (non-hydrogen) atoms. The predicted molar refractivity (Wildman–Crippen MR) is 86.1 cm³/mol. The second kappa shape index (κ2) is 7.27. The van der Waals surface area contributed by atoms with Crippen molar-refractivity contribution >= 4 is 23.2 Å². The summed E-state index contributed by atoms with van der Waals surface area (Å²) in [6.45, 7) is 4.17. The Morgan fingerprint density at radius 3 is 2.77 bits per heavy atom. The van der Waals surface area contributed by atoms with Crippen LogP contribution >= 0.6 is 11.6 Å². The van der Waals surface area contributed by atoms with Crippen molar-refractivity contribution in [1.82, 2.24) is 0 Å². The number of halogens is 2.